The molecule has 17 heavy (non-hydrogen) atoms. The fourth-order valence-electron chi connectivity index (χ4n) is 1.46. The smallest absolute Gasteiger partial charge is 0.125 e. The maximum atomic E-state index is 5.39. The lowest BCUT2D eigenvalue weighted by Gasteiger charge is -2.10. The molecule has 0 amide bonds. The summed E-state index contributed by atoms with van der Waals surface area (Å²) in [6, 6.07) is 5.97. The van der Waals surface area contributed by atoms with Gasteiger partial charge >= 0.3 is 0 Å². The van der Waals surface area contributed by atoms with Gasteiger partial charge in [-0.2, -0.15) is 0 Å². The molecule has 0 aliphatic carbocycles. The average molecular weight is 424 g/mol. The van der Waals surface area contributed by atoms with E-state index in [0.29, 0.717) is 6.54 Å². The third kappa shape index (κ3) is 3.14. The molecule has 2 rings (SSSR count). The summed E-state index contributed by atoms with van der Waals surface area (Å²) < 4.78 is 8.42. The second-order valence-corrected chi connectivity index (χ2v) is 6.25. The Morgan fingerprint density at radius 1 is 1.18 bits per heavy atom. The highest BCUT2D eigenvalue weighted by Crippen LogP contribution is 2.34. The predicted octanol–water partition coefficient (Wildman–Crippen LogP) is 5.49. The van der Waals surface area contributed by atoms with E-state index in [1.807, 2.05) is 25.1 Å². The molecule has 0 atom stereocenters. The van der Waals surface area contributed by atoms with Gasteiger partial charge in [-0.3, -0.25) is 0 Å². The number of anilines is 1. The summed E-state index contributed by atoms with van der Waals surface area (Å²) in [4.78, 5) is 0. The lowest BCUT2D eigenvalue weighted by Crippen LogP contribution is -2.01. The molecule has 2 nitrogen and oxygen atoms in total. The van der Waals surface area contributed by atoms with Crippen LogP contribution >= 0.6 is 47.8 Å². The summed E-state index contributed by atoms with van der Waals surface area (Å²) >= 11 is 10.5. The number of rotatable bonds is 3. The minimum absolute atomic E-state index is 0.664. The summed E-state index contributed by atoms with van der Waals surface area (Å²) in [6.45, 7) is 2.70. The first-order valence-corrected chi connectivity index (χ1v) is 7.37. The van der Waals surface area contributed by atoms with Gasteiger partial charge in [-0.25, -0.2) is 0 Å². The van der Waals surface area contributed by atoms with Gasteiger partial charge in [0.2, 0.25) is 0 Å². The molecule has 0 unspecified atom stereocenters. The molecule has 0 saturated carbocycles. The van der Waals surface area contributed by atoms with E-state index < -0.39 is 0 Å². The van der Waals surface area contributed by atoms with Crippen LogP contribution < -0.4 is 5.32 Å². The summed E-state index contributed by atoms with van der Waals surface area (Å²) in [7, 11) is 0. The van der Waals surface area contributed by atoms with Crippen molar-refractivity contribution in [2.45, 2.75) is 13.5 Å². The van der Waals surface area contributed by atoms with E-state index in [4.69, 9.17) is 4.42 Å². The molecule has 90 valence electrons. The van der Waals surface area contributed by atoms with Crippen molar-refractivity contribution in [3.8, 4) is 0 Å². The number of hydrogen-bond acceptors (Lipinski definition) is 2. The molecule has 2 aromatic rings. The van der Waals surface area contributed by atoms with E-state index in [1.54, 1.807) is 6.26 Å². The number of halogens is 3. The average Bonchev–Trinajstić information content (AvgIpc) is 2.62. The Balaban J connectivity index is 2.17. The topological polar surface area (TPSA) is 25.2 Å². The van der Waals surface area contributed by atoms with Crippen LogP contribution in [0.1, 0.15) is 11.3 Å². The van der Waals surface area contributed by atoms with Crippen LogP contribution in [0.15, 0.2) is 42.3 Å². The van der Waals surface area contributed by atoms with Gasteiger partial charge in [0.25, 0.3) is 0 Å². The number of hydrogen-bond donors (Lipinski definition) is 1. The minimum atomic E-state index is 0.664. The zero-order chi connectivity index (χ0) is 12.4. The van der Waals surface area contributed by atoms with Gasteiger partial charge < -0.3 is 9.73 Å². The summed E-state index contributed by atoms with van der Waals surface area (Å²) in [5.74, 6) is 0.951. The van der Waals surface area contributed by atoms with E-state index in [0.717, 1.165) is 30.4 Å². The molecule has 1 aromatic heterocycles. The SMILES string of the molecule is Cc1ccoc1CNc1c(Br)cc(Br)cc1Br. The zero-order valence-corrected chi connectivity index (χ0v) is 13.8. The quantitative estimate of drug-likeness (QED) is 0.706. The Labute approximate surface area is 125 Å². The Bertz CT molecular complexity index is 513. The monoisotopic (exact) mass is 421 g/mol. The van der Waals surface area contributed by atoms with Gasteiger partial charge in [0, 0.05) is 13.4 Å². The normalized spacial score (nSPS) is 10.6. The van der Waals surface area contributed by atoms with Crippen molar-refractivity contribution < 1.29 is 4.42 Å². The second kappa shape index (κ2) is 5.59. The van der Waals surface area contributed by atoms with E-state index in [-0.39, 0.29) is 0 Å². The molecule has 0 spiro atoms. The predicted molar refractivity (Wildman–Crippen MR) is 80.3 cm³/mol. The molecule has 0 aliphatic rings. The lowest BCUT2D eigenvalue weighted by atomic mass is 10.2. The van der Waals surface area contributed by atoms with Crippen LogP contribution in [0.3, 0.4) is 0 Å². The third-order valence-electron chi connectivity index (χ3n) is 2.40. The van der Waals surface area contributed by atoms with Crippen LogP contribution in [0.2, 0.25) is 0 Å². The van der Waals surface area contributed by atoms with Crippen LogP contribution in [0.25, 0.3) is 0 Å². The molecular formula is C12H10Br3NO. The Hall–Kier alpha value is -0.260. The molecular weight excluding hydrogens is 414 g/mol. The van der Waals surface area contributed by atoms with Crippen LogP contribution in [-0.4, -0.2) is 0 Å². The highest BCUT2D eigenvalue weighted by Gasteiger charge is 2.08. The molecule has 0 saturated heterocycles. The molecule has 5 heteroatoms. The van der Waals surface area contributed by atoms with Crippen molar-refractivity contribution in [2.75, 3.05) is 5.32 Å². The Kier molecular flexibility index (Phi) is 4.33. The fourth-order valence-corrected chi connectivity index (χ4v) is 4.00. The van der Waals surface area contributed by atoms with Gasteiger partial charge in [0.15, 0.2) is 0 Å². The first-order chi connectivity index (χ1) is 8.08. The second-order valence-electron chi connectivity index (χ2n) is 3.62. The zero-order valence-electron chi connectivity index (χ0n) is 9.06. The van der Waals surface area contributed by atoms with Crippen molar-refractivity contribution >= 4 is 53.5 Å². The van der Waals surface area contributed by atoms with Crippen molar-refractivity contribution in [3.05, 3.63) is 49.2 Å². The molecule has 0 fully saturated rings. The number of benzene rings is 1. The molecule has 0 bridgehead atoms. The van der Waals surface area contributed by atoms with E-state index in [9.17, 15) is 0 Å². The standard InChI is InChI=1S/C12H10Br3NO/c1-7-2-3-17-11(7)6-16-12-9(14)4-8(13)5-10(12)15/h2-5,16H,6H2,1H3. The van der Waals surface area contributed by atoms with Gasteiger partial charge in [-0.05, 0) is 62.5 Å². The molecule has 1 aromatic carbocycles. The number of aryl methyl sites for hydroxylation is 1. The van der Waals surface area contributed by atoms with E-state index >= 15 is 0 Å². The molecule has 1 heterocycles. The minimum Gasteiger partial charge on any atom is -0.467 e. The van der Waals surface area contributed by atoms with Crippen molar-refractivity contribution in [1.82, 2.24) is 0 Å². The van der Waals surface area contributed by atoms with Gasteiger partial charge in [-0.1, -0.05) is 15.9 Å². The molecule has 1 N–H and O–H groups in total. The van der Waals surface area contributed by atoms with Crippen molar-refractivity contribution in [3.63, 3.8) is 0 Å². The van der Waals surface area contributed by atoms with E-state index in [2.05, 4.69) is 53.1 Å². The summed E-state index contributed by atoms with van der Waals surface area (Å²) in [5.41, 5.74) is 2.17. The van der Waals surface area contributed by atoms with Crippen molar-refractivity contribution in [1.29, 1.82) is 0 Å². The van der Waals surface area contributed by atoms with Crippen LogP contribution in [0, 0.1) is 6.92 Å². The maximum absolute atomic E-state index is 5.39. The lowest BCUT2D eigenvalue weighted by molar-refractivity contribution is 0.515. The molecule has 0 aliphatic heterocycles. The first kappa shape index (κ1) is 13.2. The summed E-state index contributed by atoms with van der Waals surface area (Å²) in [5, 5.41) is 3.34. The highest BCUT2D eigenvalue weighted by molar-refractivity contribution is 9.11. The largest absolute Gasteiger partial charge is 0.467 e. The highest BCUT2D eigenvalue weighted by atomic mass is 79.9. The maximum Gasteiger partial charge on any atom is 0.125 e. The van der Waals surface area contributed by atoms with Crippen LogP contribution in [0.5, 0.6) is 0 Å². The van der Waals surface area contributed by atoms with Crippen LogP contribution in [-0.2, 0) is 6.54 Å². The first-order valence-electron chi connectivity index (χ1n) is 4.99. The van der Waals surface area contributed by atoms with Gasteiger partial charge in [0.05, 0.1) is 18.5 Å². The molecule has 0 radical (unpaired) electrons. The Morgan fingerprint density at radius 3 is 2.35 bits per heavy atom. The van der Waals surface area contributed by atoms with E-state index in [1.165, 1.54) is 0 Å². The van der Waals surface area contributed by atoms with Gasteiger partial charge in [0.1, 0.15) is 5.76 Å². The fraction of sp³-hybridized carbons (Fsp3) is 0.167. The number of furan rings is 1. The third-order valence-corrected chi connectivity index (χ3v) is 4.11. The van der Waals surface area contributed by atoms with Crippen molar-refractivity contribution in [2.24, 2.45) is 0 Å². The summed E-state index contributed by atoms with van der Waals surface area (Å²) in [6.07, 6.45) is 1.71. The van der Waals surface area contributed by atoms with Gasteiger partial charge in [-0.15, -0.1) is 0 Å². The Morgan fingerprint density at radius 2 is 1.82 bits per heavy atom. The van der Waals surface area contributed by atoms with Crippen LogP contribution in [0.4, 0.5) is 5.69 Å². The number of nitrogens with one attached hydrogen (secondary N) is 1.